The molecule has 0 amide bonds. The minimum atomic E-state index is -0.523. The molecule has 0 radical (unpaired) electrons. The van der Waals surface area contributed by atoms with Crippen LogP contribution in [0.1, 0.15) is 5.69 Å². The number of nitro groups is 1. The van der Waals surface area contributed by atoms with Crippen LogP contribution in [0.15, 0.2) is 24.3 Å². The topological polar surface area (TPSA) is 110 Å². The van der Waals surface area contributed by atoms with Crippen molar-refractivity contribution >= 4 is 28.8 Å². The average Bonchev–Trinajstić information content (AvgIpc) is 2.37. The molecule has 0 aliphatic heterocycles. The van der Waals surface area contributed by atoms with Crippen LogP contribution in [0.25, 0.3) is 0 Å². The Labute approximate surface area is 121 Å². The molecule has 0 bridgehead atoms. The summed E-state index contributed by atoms with van der Waals surface area (Å²) in [5.41, 5.74) is 7.30. The molecule has 0 saturated carbocycles. The first-order chi connectivity index (χ1) is 9.88. The molecule has 0 fully saturated rings. The predicted octanol–water partition coefficient (Wildman–Crippen LogP) is 2.09. The third-order valence-electron chi connectivity index (χ3n) is 2.90. The second-order valence-corrected chi connectivity index (χ2v) is 4.69. The Bertz CT molecular complexity index is 669. The summed E-state index contributed by atoms with van der Waals surface area (Å²) in [6.45, 7) is 1.52. The third-order valence-corrected chi connectivity index (χ3v) is 2.90. The van der Waals surface area contributed by atoms with Crippen LogP contribution in [0.3, 0.4) is 0 Å². The van der Waals surface area contributed by atoms with Crippen LogP contribution in [-0.2, 0) is 0 Å². The van der Waals surface area contributed by atoms with Gasteiger partial charge in [-0.15, -0.1) is 0 Å². The van der Waals surface area contributed by atoms with E-state index in [0.717, 1.165) is 5.69 Å². The summed E-state index contributed by atoms with van der Waals surface area (Å²) in [5, 5.41) is 14.0. The molecule has 0 saturated heterocycles. The molecule has 0 atom stereocenters. The quantitative estimate of drug-likeness (QED) is 0.654. The molecular formula is C13H16N6O2. The molecule has 1 aromatic heterocycles. The van der Waals surface area contributed by atoms with E-state index in [0.29, 0.717) is 5.69 Å². The predicted molar refractivity (Wildman–Crippen MR) is 81.9 cm³/mol. The number of aromatic nitrogens is 2. The highest BCUT2D eigenvalue weighted by Gasteiger charge is 2.21. The Morgan fingerprint density at radius 2 is 1.86 bits per heavy atom. The van der Waals surface area contributed by atoms with Crippen LogP contribution in [0, 0.1) is 17.0 Å². The van der Waals surface area contributed by atoms with Gasteiger partial charge in [0.15, 0.2) is 0 Å². The van der Waals surface area contributed by atoms with E-state index in [1.807, 2.05) is 43.3 Å². The van der Waals surface area contributed by atoms with Gasteiger partial charge in [0, 0.05) is 25.5 Å². The van der Waals surface area contributed by atoms with Gasteiger partial charge in [-0.05, 0) is 31.2 Å². The van der Waals surface area contributed by atoms with Gasteiger partial charge in [-0.2, -0.15) is 4.98 Å². The monoisotopic (exact) mass is 288 g/mol. The molecule has 8 heteroatoms. The first-order valence-electron chi connectivity index (χ1n) is 6.21. The van der Waals surface area contributed by atoms with Crippen molar-refractivity contribution in [1.82, 2.24) is 9.97 Å². The lowest BCUT2D eigenvalue weighted by molar-refractivity contribution is -0.385. The van der Waals surface area contributed by atoms with Crippen molar-refractivity contribution in [2.24, 2.45) is 0 Å². The zero-order chi connectivity index (χ0) is 15.6. The molecule has 21 heavy (non-hydrogen) atoms. The second-order valence-electron chi connectivity index (χ2n) is 4.69. The smallest absolute Gasteiger partial charge is 0.332 e. The molecule has 0 aliphatic rings. The first kappa shape index (κ1) is 14.5. The maximum absolute atomic E-state index is 11.1. The van der Waals surface area contributed by atoms with Gasteiger partial charge < -0.3 is 16.0 Å². The number of nitrogens with two attached hydrogens (primary N) is 1. The molecule has 1 aromatic carbocycles. The van der Waals surface area contributed by atoms with E-state index in [1.165, 1.54) is 6.92 Å². The van der Waals surface area contributed by atoms with Crippen LogP contribution in [0.2, 0.25) is 0 Å². The van der Waals surface area contributed by atoms with Crippen molar-refractivity contribution in [3.05, 3.63) is 40.1 Å². The van der Waals surface area contributed by atoms with Gasteiger partial charge in [0.2, 0.25) is 11.8 Å². The number of nitrogens with zero attached hydrogens (tertiary/aromatic N) is 4. The Balaban J connectivity index is 2.37. The molecule has 110 valence electrons. The fourth-order valence-electron chi connectivity index (χ4n) is 1.87. The van der Waals surface area contributed by atoms with Gasteiger partial charge in [-0.3, -0.25) is 10.1 Å². The molecule has 8 nitrogen and oxygen atoms in total. The molecule has 0 spiro atoms. The molecular weight excluding hydrogens is 272 g/mol. The molecule has 3 N–H and O–H groups in total. The summed E-state index contributed by atoms with van der Waals surface area (Å²) in [6.07, 6.45) is 0. The minimum absolute atomic E-state index is 0.00879. The van der Waals surface area contributed by atoms with E-state index >= 15 is 0 Å². The Morgan fingerprint density at radius 1 is 1.24 bits per heavy atom. The highest BCUT2D eigenvalue weighted by molar-refractivity contribution is 5.69. The van der Waals surface area contributed by atoms with Gasteiger partial charge in [0.1, 0.15) is 5.69 Å². The molecule has 2 aromatic rings. The van der Waals surface area contributed by atoms with Crippen LogP contribution in [-0.4, -0.2) is 29.0 Å². The van der Waals surface area contributed by atoms with Crippen molar-refractivity contribution in [3.63, 3.8) is 0 Å². The van der Waals surface area contributed by atoms with Crippen LogP contribution in [0.5, 0.6) is 0 Å². The average molecular weight is 288 g/mol. The summed E-state index contributed by atoms with van der Waals surface area (Å²) in [7, 11) is 3.86. The number of hydrogen-bond donors (Lipinski definition) is 2. The normalized spacial score (nSPS) is 10.2. The first-order valence-corrected chi connectivity index (χ1v) is 6.21. The van der Waals surface area contributed by atoms with E-state index in [-0.39, 0.29) is 23.1 Å². The standard InChI is InChI=1S/C13H16N6O2/c1-8-11(19(20)21)12(17-13(14)15-8)16-9-4-6-10(7-5-9)18(2)3/h4-7H,1-3H3,(H3,14,15,16,17). The summed E-state index contributed by atoms with van der Waals surface area (Å²) in [5.74, 6) is 0.0770. The zero-order valence-corrected chi connectivity index (χ0v) is 12.0. The van der Waals surface area contributed by atoms with Crippen molar-refractivity contribution in [2.45, 2.75) is 6.92 Å². The summed E-state index contributed by atoms with van der Waals surface area (Å²) >= 11 is 0. The maximum atomic E-state index is 11.1. The number of rotatable bonds is 4. The SMILES string of the molecule is Cc1nc(N)nc(Nc2ccc(N(C)C)cc2)c1[N+](=O)[O-]. The summed E-state index contributed by atoms with van der Waals surface area (Å²) in [4.78, 5) is 20.3. The third kappa shape index (κ3) is 3.16. The van der Waals surface area contributed by atoms with E-state index in [1.54, 1.807) is 0 Å². The lowest BCUT2D eigenvalue weighted by Crippen LogP contribution is -2.09. The van der Waals surface area contributed by atoms with Crippen molar-refractivity contribution < 1.29 is 4.92 Å². The fourth-order valence-corrected chi connectivity index (χ4v) is 1.87. The second kappa shape index (κ2) is 5.61. The maximum Gasteiger partial charge on any atom is 0.332 e. The fraction of sp³-hybridized carbons (Fsp3) is 0.231. The summed E-state index contributed by atoms with van der Waals surface area (Å²) < 4.78 is 0. The lowest BCUT2D eigenvalue weighted by atomic mass is 10.2. The number of nitrogens with one attached hydrogen (secondary N) is 1. The number of hydrogen-bond acceptors (Lipinski definition) is 7. The molecule has 0 aliphatic carbocycles. The minimum Gasteiger partial charge on any atom is -0.378 e. The Kier molecular flexibility index (Phi) is 3.88. The Hall–Kier alpha value is -2.90. The van der Waals surface area contributed by atoms with Gasteiger partial charge in [0.25, 0.3) is 0 Å². The van der Waals surface area contributed by atoms with Gasteiger partial charge >= 0.3 is 5.69 Å². The molecule has 0 unspecified atom stereocenters. The van der Waals surface area contributed by atoms with Crippen molar-refractivity contribution in [3.8, 4) is 0 Å². The van der Waals surface area contributed by atoms with Crippen LogP contribution in [0.4, 0.5) is 28.8 Å². The van der Waals surface area contributed by atoms with E-state index < -0.39 is 4.92 Å². The van der Waals surface area contributed by atoms with Crippen molar-refractivity contribution in [1.29, 1.82) is 0 Å². The number of aryl methyl sites for hydroxylation is 1. The van der Waals surface area contributed by atoms with Crippen LogP contribution >= 0.6 is 0 Å². The number of nitrogen functional groups attached to an aromatic ring is 1. The highest BCUT2D eigenvalue weighted by atomic mass is 16.6. The van der Waals surface area contributed by atoms with E-state index in [2.05, 4.69) is 15.3 Å². The van der Waals surface area contributed by atoms with E-state index in [4.69, 9.17) is 5.73 Å². The number of anilines is 4. The molecule has 1 heterocycles. The van der Waals surface area contributed by atoms with Crippen LogP contribution < -0.4 is 16.0 Å². The summed E-state index contributed by atoms with van der Waals surface area (Å²) in [6, 6.07) is 7.41. The Morgan fingerprint density at radius 3 is 2.38 bits per heavy atom. The van der Waals surface area contributed by atoms with Crippen molar-refractivity contribution in [2.75, 3.05) is 30.0 Å². The number of benzene rings is 1. The van der Waals surface area contributed by atoms with Gasteiger partial charge in [0.05, 0.1) is 4.92 Å². The van der Waals surface area contributed by atoms with Gasteiger partial charge in [-0.1, -0.05) is 0 Å². The molecule has 2 rings (SSSR count). The highest BCUT2D eigenvalue weighted by Crippen LogP contribution is 2.29. The van der Waals surface area contributed by atoms with Gasteiger partial charge in [-0.25, -0.2) is 4.98 Å². The zero-order valence-electron chi connectivity index (χ0n) is 12.0. The van der Waals surface area contributed by atoms with E-state index in [9.17, 15) is 10.1 Å². The largest absolute Gasteiger partial charge is 0.378 e. The lowest BCUT2D eigenvalue weighted by Gasteiger charge is -2.13.